The first-order valence-corrected chi connectivity index (χ1v) is 6.50. The Balaban J connectivity index is 2.64. The Morgan fingerprint density at radius 1 is 1.11 bits per heavy atom. The van der Waals surface area contributed by atoms with Crippen LogP contribution in [0.1, 0.15) is 12.0 Å². The zero-order valence-electron chi connectivity index (χ0n) is 12.1. The monoisotopic (exact) mass is 258 g/mol. The molecule has 1 atom stereocenters. The van der Waals surface area contributed by atoms with E-state index in [4.69, 9.17) is 0 Å². The lowest BCUT2D eigenvalue weighted by Gasteiger charge is -2.39. The SMILES string of the molecule is CN(C)c1ccccc1C1(N(C)C)C=CCC(O)=C1. The standard InChI is InChI=1S/C16H22N2O/c1-17(2)15-10-6-5-9-14(15)16(18(3)4)11-7-8-13(19)12-16/h5-7,9-12,19H,8H2,1-4H3. The Morgan fingerprint density at radius 3 is 2.37 bits per heavy atom. The fourth-order valence-corrected chi connectivity index (χ4v) is 2.61. The van der Waals surface area contributed by atoms with E-state index in [0.29, 0.717) is 12.2 Å². The van der Waals surface area contributed by atoms with E-state index in [2.05, 4.69) is 28.0 Å². The van der Waals surface area contributed by atoms with Gasteiger partial charge in [0.2, 0.25) is 0 Å². The van der Waals surface area contributed by atoms with E-state index >= 15 is 0 Å². The highest BCUT2D eigenvalue weighted by atomic mass is 16.3. The van der Waals surface area contributed by atoms with Crippen LogP contribution in [0.4, 0.5) is 5.69 Å². The molecule has 1 aromatic rings. The number of allylic oxidation sites excluding steroid dienone is 1. The fraction of sp³-hybridized carbons (Fsp3) is 0.375. The highest BCUT2D eigenvalue weighted by Crippen LogP contribution is 2.39. The van der Waals surface area contributed by atoms with Crippen molar-refractivity contribution in [2.24, 2.45) is 0 Å². The first-order chi connectivity index (χ1) is 8.97. The zero-order chi connectivity index (χ0) is 14.0. The predicted octanol–water partition coefficient (Wildman–Crippen LogP) is 2.91. The second-order valence-electron chi connectivity index (χ2n) is 5.37. The molecule has 19 heavy (non-hydrogen) atoms. The summed E-state index contributed by atoms with van der Waals surface area (Å²) in [6.07, 6.45) is 6.74. The number of hydrogen-bond donors (Lipinski definition) is 1. The smallest absolute Gasteiger partial charge is 0.0945 e. The van der Waals surface area contributed by atoms with Crippen molar-refractivity contribution in [1.29, 1.82) is 0 Å². The maximum Gasteiger partial charge on any atom is 0.0945 e. The van der Waals surface area contributed by atoms with Gasteiger partial charge in [-0.1, -0.05) is 30.4 Å². The minimum atomic E-state index is -0.386. The first kappa shape index (κ1) is 13.7. The van der Waals surface area contributed by atoms with E-state index in [1.165, 1.54) is 5.56 Å². The molecule has 0 heterocycles. The third-order valence-electron chi connectivity index (χ3n) is 3.64. The molecule has 0 saturated carbocycles. The molecule has 1 aromatic carbocycles. The van der Waals surface area contributed by atoms with Crippen LogP contribution in [0.15, 0.2) is 48.3 Å². The molecule has 0 saturated heterocycles. The summed E-state index contributed by atoms with van der Waals surface area (Å²) in [7, 11) is 8.15. The van der Waals surface area contributed by atoms with Gasteiger partial charge in [0.05, 0.1) is 11.3 Å². The third kappa shape index (κ3) is 2.38. The number of hydrogen-bond acceptors (Lipinski definition) is 3. The second kappa shape index (κ2) is 5.10. The number of aliphatic hydroxyl groups excluding tert-OH is 1. The third-order valence-corrected chi connectivity index (χ3v) is 3.64. The summed E-state index contributed by atoms with van der Waals surface area (Å²) in [6.45, 7) is 0. The normalized spacial score (nSPS) is 22.5. The topological polar surface area (TPSA) is 26.7 Å². The molecule has 0 aliphatic heterocycles. The van der Waals surface area contributed by atoms with Gasteiger partial charge in [0.25, 0.3) is 0 Å². The van der Waals surface area contributed by atoms with Gasteiger partial charge in [0.1, 0.15) is 0 Å². The average molecular weight is 258 g/mol. The van der Waals surface area contributed by atoms with Crippen molar-refractivity contribution in [3.8, 4) is 0 Å². The Morgan fingerprint density at radius 2 is 1.79 bits per heavy atom. The lowest BCUT2D eigenvalue weighted by molar-refractivity contribution is 0.251. The van der Waals surface area contributed by atoms with Crippen molar-refractivity contribution in [3.63, 3.8) is 0 Å². The van der Waals surface area contributed by atoms with Gasteiger partial charge in [-0.25, -0.2) is 0 Å². The van der Waals surface area contributed by atoms with Crippen molar-refractivity contribution in [2.75, 3.05) is 33.1 Å². The molecule has 1 aliphatic rings. The number of rotatable bonds is 3. The average Bonchev–Trinajstić information content (AvgIpc) is 2.38. The van der Waals surface area contributed by atoms with Crippen molar-refractivity contribution in [1.82, 2.24) is 4.90 Å². The van der Waals surface area contributed by atoms with Gasteiger partial charge in [-0.15, -0.1) is 0 Å². The maximum atomic E-state index is 9.95. The molecule has 1 aliphatic carbocycles. The van der Waals surface area contributed by atoms with E-state index < -0.39 is 0 Å². The van der Waals surface area contributed by atoms with Crippen LogP contribution >= 0.6 is 0 Å². The van der Waals surface area contributed by atoms with Crippen LogP contribution in [-0.2, 0) is 5.54 Å². The van der Waals surface area contributed by atoms with Crippen LogP contribution in [0.3, 0.4) is 0 Å². The van der Waals surface area contributed by atoms with Crippen molar-refractivity contribution in [3.05, 3.63) is 53.8 Å². The molecule has 0 amide bonds. The molecule has 0 aromatic heterocycles. The van der Waals surface area contributed by atoms with E-state index in [-0.39, 0.29) is 5.54 Å². The molecule has 0 fully saturated rings. The first-order valence-electron chi connectivity index (χ1n) is 6.50. The number of nitrogens with zero attached hydrogens (tertiary/aromatic N) is 2. The molecular weight excluding hydrogens is 236 g/mol. The van der Waals surface area contributed by atoms with Crippen molar-refractivity contribution < 1.29 is 5.11 Å². The Kier molecular flexibility index (Phi) is 3.67. The lowest BCUT2D eigenvalue weighted by atomic mass is 9.83. The van der Waals surface area contributed by atoms with Gasteiger partial charge in [0, 0.05) is 31.8 Å². The van der Waals surface area contributed by atoms with Crippen LogP contribution in [0.25, 0.3) is 0 Å². The molecule has 0 spiro atoms. The van der Waals surface area contributed by atoms with Crippen LogP contribution in [0.5, 0.6) is 0 Å². The van der Waals surface area contributed by atoms with Crippen molar-refractivity contribution in [2.45, 2.75) is 12.0 Å². The Labute approximate surface area is 115 Å². The summed E-state index contributed by atoms with van der Waals surface area (Å²) < 4.78 is 0. The minimum absolute atomic E-state index is 0.386. The maximum absolute atomic E-state index is 9.95. The summed E-state index contributed by atoms with van der Waals surface area (Å²) in [6, 6.07) is 8.31. The molecule has 2 rings (SSSR count). The van der Waals surface area contributed by atoms with Gasteiger partial charge in [0.15, 0.2) is 0 Å². The molecule has 1 unspecified atom stereocenters. The van der Waals surface area contributed by atoms with Gasteiger partial charge >= 0.3 is 0 Å². The highest BCUT2D eigenvalue weighted by molar-refractivity contribution is 5.59. The summed E-state index contributed by atoms with van der Waals surface area (Å²) in [5.41, 5.74) is 1.95. The highest BCUT2D eigenvalue weighted by Gasteiger charge is 2.34. The van der Waals surface area contributed by atoms with Crippen LogP contribution in [0, 0.1) is 0 Å². The Hall–Kier alpha value is -1.74. The second-order valence-corrected chi connectivity index (χ2v) is 5.37. The molecule has 3 nitrogen and oxygen atoms in total. The summed E-state index contributed by atoms with van der Waals surface area (Å²) in [5, 5.41) is 9.95. The van der Waals surface area contributed by atoms with E-state index in [1.54, 1.807) is 0 Å². The van der Waals surface area contributed by atoms with Gasteiger partial charge in [-0.3, -0.25) is 4.90 Å². The quantitative estimate of drug-likeness (QED) is 0.844. The number of likely N-dealkylation sites (N-methyl/N-ethyl adjacent to an activating group) is 1. The molecule has 1 N–H and O–H groups in total. The van der Waals surface area contributed by atoms with Crippen molar-refractivity contribution >= 4 is 5.69 Å². The van der Waals surface area contributed by atoms with Crippen LogP contribution < -0.4 is 4.90 Å². The molecule has 0 radical (unpaired) electrons. The molecule has 102 valence electrons. The molecule has 3 heteroatoms. The summed E-state index contributed by atoms with van der Waals surface area (Å²) in [5.74, 6) is 0.421. The predicted molar refractivity (Wildman–Crippen MR) is 80.6 cm³/mol. The molecule has 0 bridgehead atoms. The number of anilines is 1. The summed E-state index contributed by atoms with van der Waals surface area (Å²) in [4.78, 5) is 4.23. The zero-order valence-corrected chi connectivity index (χ0v) is 12.1. The number of aliphatic hydroxyl groups is 1. The van der Waals surface area contributed by atoms with Gasteiger partial charge in [-0.2, -0.15) is 0 Å². The molecular formula is C16H22N2O. The van der Waals surface area contributed by atoms with E-state index in [9.17, 15) is 5.11 Å². The van der Waals surface area contributed by atoms with Crippen LogP contribution in [0.2, 0.25) is 0 Å². The summed E-state index contributed by atoms with van der Waals surface area (Å²) >= 11 is 0. The van der Waals surface area contributed by atoms with Crippen LogP contribution in [-0.4, -0.2) is 38.2 Å². The lowest BCUT2D eigenvalue weighted by Crippen LogP contribution is -2.40. The van der Waals surface area contributed by atoms with Gasteiger partial charge < -0.3 is 10.0 Å². The van der Waals surface area contributed by atoms with E-state index in [0.717, 1.165) is 5.69 Å². The minimum Gasteiger partial charge on any atom is -0.512 e. The fourth-order valence-electron chi connectivity index (χ4n) is 2.61. The number of para-hydroxylation sites is 1. The number of benzene rings is 1. The van der Waals surface area contributed by atoms with Gasteiger partial charge in [-0.05, 0) is 26.2 Å². The largest absolute Gasteiger partial charge is 0.512 e. The Bertz CT molecular complexity index is 517. The van der Waals surface area contributed by atoms with E-state index in [1.807, 2.05) is 52.5 Å².